The van der Waals surface area contributed by atoms with Crippen molar-refractivity contribution in [3.63, 3.8) is 0 Å². The molecule has 0 aliphatic carbocycles. The van der Waals surface area contributed by atoms with E-state index < -0.39 is 0 Å². The second-order valence-electron chi connectivity index (χ2n) is 5.01. The molecule has 25 heavy (non-hydrogen) atoms. The Morgan fingerprint density at radius 1 is 1.16 bits per heavy atom. The van der Waals surface area contributed by atoms with Crippen molar-refractivity contribution in [3.8, 4) is 23.3 Å². The van der Waals surface area contributed by atoms with Gasteiger partial charge in [0.15, 0.2) is 0 Å². The van der Waals surface area contributed by atoms with Gasteiger partial charge in [-0.1, -0.05) is 23.9 Å². The second-order valence-corrected chi connectivity index (χ2v) is 5.95. The molecule has 3 rings (SSSR count). The zero-order valence-corrected chi connectivity index (χ0v) is 14.5. The van der Waals surface area contributed by atoms with Crippen LogP contribution in [0.4, 0.5) is 0 Å². The molecule has 3 aromatic rings. The van der Waals surface area contributed by atoms with Crippen molar-refractivity contribution >= 4 is 11.8 Å². The first-order valence-corrected chi connectivity index (χ1v) is 8.36. The number of nitrogens with zero attached hydrogens (tertiary/aromatic N) is 5. The third-order valence-electron chi connectivity index (χ3n) is 3.48. The zero-order chi connectivity index (χ0) is 17.6. The molecule has 0 radical (unpaired) electrons. The highest BCUT2D eigenvalue weighted by molar-refractivity contribution is 7.98. The van der Waals surface area contributed by atoms with Crippen LogP contribution in [0.3, 0.4) is 0 Å². The Morgan fingerprint density at radius 2 is 2.04 bits per heavy atom. The van der Waals surface area contributed by atoms with Crippen molar-refractivity contribution in [2.75, 3.05) is 14.2 Å². The first-order chi connectivity index (χ1) is 12.2. The summed E-state index contributed by atoms with van der Waals surface area (Å²) < 4.78 is 12.3. The standard InChI is InChI=1S/C17H15N5O2S/c1-23-14-6-7-16(24-2)15(9-14)22-17(19-20-21-22)25-11-13-5-3-4-12(8-13)10-18/h3-9H,11H2,1-2H3. The Morgan fingerprint density at radius 3 is 2.80 bits per heavy atom. The predicted octanol–water partition coefficient (Wildman–Crippen LogP) is 2.84. The van der Waals surface area contributed by atoms with Gasteiger partial charge in [0, 0.05) is 11.8 Å². The molecule has 0 N–H and O–H groups in total. The fourth-order valence-corrected chi connectivity index (χ4v) is 3.09. The van der Waals surface area contributed by atoms with Gasteiger partial charge in [-0.3, -0.25) is 0 Å². The fourth-order valence-electron chi connectivity index (χ4n) is 2.26. The first kappa shape index (κ1) is 16.8. The lowest BCUT2D eigenvalue weighted by Gasteiger charge is -2.11. The number of thioether (sulfide) groups is 1. The molecule has 1 aromatic heterocycles. The molecule has 0 saturated carbocycles. The average Bonchev–Trinajstić information content (AvgIpc) is 3.14. The largest absolute Gasteiger partial charge is 0.497 e. The van der Waals surface area contributed by atoms with Gasteiger partial charge in [-0.05, 0) is 40.3 Å². The Bertz CT molecular complexity index is 919. The SMILES string of the molecule is COc1ccc(OC)c(-n2nnnc2SCc2cccc(C#N)c2)c1. The number of hydrogen-bond acceptors (Lipinski definition) is 7. The average molecular weight is 353 g/mol. The normalized spacial score (nSPS) is 10.3. The van der Waals surface area contributed by atoms with Gasteiger partial charge in [0.2, 0.25) is 5.16 Å². The highest BCUT2D eigenvalue weighted by atomic mass is 32.2. The number of benzene rings is 2. The maximum Gasteiger partial charge on any atom is 0.214 e. The third-order valence-corrected chi connectivity index (χ3v) is 4.47. The summed E-state index contributed by atoms with van der Waals surface area (Å²) in [6.07, 6.45) is 0. The molecular formula is C17H15N5O2S. The molecule has 126 valence electrons. The molecule has 0 saturated heterocycles. The number of nitriles is 1. The van der Waals surface area contributed by atoms with Crippen LogP contribution < -0.4 is 9.47 Å². The highest BCUT2D eigenvalue weighted by Gasteiger charge is 2.15. The minimum Gasteiger partial charge on any atom is -0.497 e. The molecule has 0 aliphatic rings. The Balaban J connectivity index is 1.87. The summed E-state index contributed by atoms with van der Waals surface area (Å²) in [7, 11) is 3.19. The lowest BCUT2D eigenvalue weighted by molar-refractivity contribution is 0.399. The van der Waals surface area contributed by atoms with Crippen molar-refractivity contribution < 1.29 is 9.47 Å². The summed E-state index contributed by atoms with van der Waals surface area (Å²) in [4.78, 5) is 0. The molecule has 2 aromatic carbocycles. The molecule has 7 nitrogen and oxygen atoms in total. The molecule has 0 unspecified atom stereocenters. The van der Waals surface area contributed by atoms with E-state index in [4.69, 9.17) is 14.7 Å². The smallest absolute Gasteiger partial charge is 0.214 e. The molecular weight excluding hydrogens is 338 g/mol. The van der Waals surface area contributed by atoms with E-state index in [0.29, 0.717) is 33.7 Å². The molecule has 1 heterocycles. The zero-order valence-electron chi connectivity index (χ0n) is 13.7. The summed E-state index contributed by atoms with van der Waals surface area (Å²) in [5.41, 5.74) is 2.35. The Kier molecular flexibility index (Phi) is 5.16. The molecule has 0 aliphatic heterocycles. The van der Waals surface area contributed by atoms with Gasteiger partial charge < -0.3 is 9.47 Å². The maximum absolute atomic E-state index is 9.00. The van der Waals surface area contributed by atoms with Crippen LogP contribution in [0.1, 0.15) is 11.1 Å². The number of aromatic nitrogens is 4. The topological polar surface area (TPSA) is 85.8 Å². The Hall–Kier alpha value is -3.05. The molecule has 0 spiro atoms. The van der Waals surface area contributed by atoms with Gasteiger partial charge in [-0.15, -0.1) is 5.10 Å². The lowest BCUT2D eigenvalue weighted by atomic mass is 10.2. The monoisotopic (exact) mass is 353 g/mol. The molecule has 0 fully saturated rings. The molecule has 0 bridgehead atoms. The first-order valence-electron chi connectivity index (χ1n) is 7.37. The predicted molar refractivity (Wildman–Crippen MR) is 93.0 cm³/mol. The van der Waals surface area contributed by atoms with Gasteiger partial charge in [0.05, 0.1) is 25.9 Å². The summed E-state index contributed by atoms with van der Waals surface area (Å²) in [6.45, 7) is 0. The van der Waals surface area contributed by atoms with Crippen LogP contribution in [0, 0.1) is 11.3 Å². The van der Waals surface area contributed by atoms with Crippen LogP contribution in [0.2, 0.25) is 0 Å². The summed E-state index contributed by atoms with van der Waals surface area (Å²) in [5, 5.41) is 21.5. The fraction of sp³-hybridized carbons (Fsp3) is 0.176. The van der Waals surface area contributed by atoms with Crippen molar-refractivity contribution in [3.05, 3.63) is 53.6 Å². The lowest BCUT2D eigenvalue weighted by Crippen LogP contribution is -2.02. The second kappa shape index (κ2) is 7.68. The van der Waals surface area contributed by atoms with Gasteiger partial charge >= 0.3 is 0 Å². The number of rotatable bonds is 6. The third kappa shape index (κ3) is 3.72. The molecule has 0 atom stereocenters. The van der Waals surface area contributed by atoms with E-state index in [-0.39, 0.29) is 0 Å². The van der Waals surface area contributed by atoms with E-state index in [0.717, 1.165) is 5.56 Å². The maximum atomic E-state index is 9.00. The van der Waals surface area contributed by atoms with Crippen molar-refractivity contribution in [1.29, 1.82) is 5.26 Å². The molecule has 0 amide bonds. The van der Waals surface area contributed by atoms with Crippen LogP contribution in [0.25, 0.3) is 5.69 Å². The minimum atomic E-state index is 0.619. The summed E-state index contributed by atoms with van der Waals surface area (Å²) >= 11 is 1.47. The summed E-state index contributed by atoms with van der Waals surface area (Å²) in [5.74, 6) is 1.97. The quantitative estimate of drug-likeness (QED) is 0.630. The Labute approximate surface area is 149 Å². The number of methoxy groups -OCH3 is 2. The van der Waals surface area contributed by atoms with Gasteiger partial charge in [0.25, 0.3) is 0 Å². The number of hydrogen-bond donors (Lipinski definition) is 0. The van der Waals surface area contributed by atoms with Crippen molar-refractivity contribution in [2.24, 2.45) is 0 Å². The van der Waals surface area contributed by atoms with E-state index in [1.807, 2.05) is 30.3 Å². The van der Waals surface area contributed by atoms with E-state index in [1.165, 1.54) is 11.8 Å². The van der Waals surface area contributed by atoms with Gasteiger partial charge in [0.1, 0.15) is 17.2 Å². The van der Waals surface area contributed by atoms with Crippen LogP contribution in [0.5, 0.6) is 11.5 Å². The minimum absolute atomic E-state index is 0.619. The van der Waals surface area contributed by atoms with Crippen LogP contribution in [-0.4, -0.2) is 34.4 Å². The number of tetrazole rings is 1. The van der Waals surface area contributed by atoms with Crippen LogP contribution in [0.15, 0.2) is 47.6 Å². The molecule has 8 heteroatoms. The summed E-state index contributed by atoms with van der Waals surface area (Å²) in [6, 6.07) is 15.0. The van der Waals surface area contributed by atoms with Crippen LogP contribution in [-0.2, 0) is 5.75 Å². The van der Waals surface area contributed by atoms with Crippen LogP contribution >= 0.6 is 11.8 Å². The van der Waals surface area contributed by atoms with E-state index in [2.05, 4.69) is 21.6 Å². The van der Waals surface area contributed by atoms with E-state index >= 15 is 0 Å². The number of ether oxygens (including phenoxy) is 2. The van der Waals surface area contributed by atoms with Gasteiger partial charge in [-0.2, -0.15) is 9.94 Å². The van der Waals surface area contributed by atoms with Gasteiger partial charge in [-0.25, -0.2) is 0 Å². The van der Waals surface area contributed by atoms with E-state index in [1.54, 1.807) is 31.0 Å². The van der Waals surface area contributed by atoms with Crippen molar-refractivity contribution in [2.45, 2.75) is 10.9 Å². The van der Waals surface area contributed by atoms with Crippen molar-refractivity contribution in [1.82, 2.24) is 20.2 Å². The highest BCUT2D eigenvalue weighted by Crippen LogP contribution is 2.30. The van der Waals surface area contributed by atoms with E-state index in [9.17, 15) is 0 Å².